The molecule has 0 heteroatoms. The van der Waals surface area contributed by atoms with Gasteiger partial charge in [-0.05, 0) is 132 Å². The van der Waals surface area contributed by atoms with Crippen molar-refractivity contribution in [2.75, 3.05) is 0 Å². The molecular formula is C57H38. The highest BCUT2D eigenvalue weighted by atomic mass is 14.4. The quantitative estimate of drug-likeness (QED) is 0.126. The van der Waals surface area contributed by atoms with Crippen molar-refractivity contribution in [2.45, 2.75) is 19.3 Å². The summed E-state index contributed by atoms with van der Waals surface area (Å²) >= 11 is 0. The molecule has 0 fully saturated rings. The second-order valence-electron chi connectivity index (χ2n) is 16.3. The number of rotatable bonds is 3. The molecule has 0 N–H and O–H groups in total. The smallest absolute Gasteiger partial charge is 0.0171 e. The first-order valence-corrected chi connectivity index (χ1v) is 20.1. The van der Waals surface area contributed by atoms with Crippen LogP contribution in [-0.4, -0.2) is 0 Å². The lowest BCUT2D eigenvalue weighted by Gasteiger charge is -2.25. The summed E-state index contributed by atoms with van der Waals surface area (Å²) in [5, 5.41) is 15.6. The molecule has 0 aliphatic heterocycles. The molecule has 266 valence electrons. The molecule has 0 atom stereocenters. The van der Waals surface area contributed by atoms with Crippen molar-refractivity contribution in [3.05, 3.63) is 205 Å². The van der Waals surface area contributed by atoms with Crippen LogP contribution in [0, 0.1) is 0 Å². The highest BCUT2D eigenvalue weighted by Gasteiger charge is 2.39. The van der Waals surface area contributed by atoms with Gasteiger partial charge in [0.1, 0.15) is 0 Å². The van der Waals surface area contributed by atoms with Crippen LogP contribution in [0.1, 0.15) is 25.0 Å². The van der Waals surface area contributed by atoms with Crippen molar-refractivity contribution >= 4 is 64.6 Å². The van der Waals surface area contributed by atoms with E-state index in [1.807, 2.05) is 0 Å². The molecule has 1 aliphatic carbocycles. The standard InChI is InChI=1S/C57H38/c1-57(2)55-41-21-6-4-16-36(41)29-32-50(55)54-44-23-8-7-22-42(44)51-34-38(30-31-49(51)56(54)57)37-18-13-19-39(33-37)52-45-24-9-11-26-47(45)53(48-27-12-10-25-46(48)52)43-28-14-17-35-15-3-5-20-40(35)43/h3-34H,1-2H3. The SMILES string of the molecule is CC1(C)c2c(ccc3ccccc23)-c2c1c1ccc(-c3cccc(-c4c5ccccc5c(-c5cccc6ccccc56)c5ccccc45)c3)cc1c1ccccc21. The fourth-order valence-electron chi connectivity index (χ4n) is 10.6. The van der Waals surface area contributed by atoms with E-state index in [0.29, 0.717) is 0 Å². The monoisotopic (exact) mass is 722 g/mol. The Bertz CT molecular complexity index is 3430. The average molecular weight is 723 g/mol. The van der Waals surface area contributed by atoms with Gasteiger partial charge in [-0.2, -0.15) is 0 Å². The predicted molar refractivity (Wildman–Crippen MR) is 245 cm³/mol. The summed E-state index contributed by atoms with van der Waals surface area (Å²) in [6, 6.07) is 72.5. The van der Waals surface area contributed by atoms with Gasteiger partial charge in [0.2, 0.25) is 0 Å². The van der Waals surface area contributed by atoms with Gasteiger partial charge in [0.15, 0.2) is 0 Å². The summed E-state index contributed by atoms with van der Waals surface area (Å²) in [5.74, 6) is 0. The highest BCUT2D eigenvalue weighted by Crippen LogP contribution is 2.56. The van der Waals surface area contributed by atoms with Crippen molar-refractivity contribution in [1.82, 2.24) is 0 Å². The minimum absolute atomic E-state index is 0.157. The summed E-state index contributed by atoms with van der Waals surface area (Å²) in [6.07, 6.45) is 0. The molecule has 12 rings (SSSR count). The van der Waals surface area contributed by atoms with Gasteiger partial charge in [-0.1, -0.05) is 196 Å². The van der Waals surface area contributed by atoms with Gasteiger partial charge in [-0.3, -0.25) is 0 Å². The molecule has 0 unspecified atom stereocenters. The van der Waals surface area contributed by atoms with Gasteiger partial charge >= 0.3 is 0 Å². The third kappa shape index (κ3) is 4.56. The lowest BCUT2D eigenvalue weighted by Crippen LogP contribution is -2.16. The van der Waals surface area contributed by atoms with E-state index in [0.717, 1.165) is 0 Å². The Hall–Kier alpha value is -7.02. The third-order valence-electron chi connectivity index (χ3n) is 12.9. The maximum Gasteiger partial charge on any atom is 0.0171 e. The Kier molecular flexibility index (Phi) is 6.78. The molecule has 0 heterocycles. The van der Waals surface area contributed by atoms with Crippen LogP contribution in [0.25, 0.3) is 109 Å². The predicted octanol–water partition coefficient (Wildman–Crippen LogP) is 15.9. The first-order chi connectivity index (χ1) is 28.1. The molecule has 0 radical (unpaired) electrons. The Morgan fingerprint density at radius 3 is 1.47 bits per heavy atom. The molecule has 0 saturated carbocycles. The van der Waals surface area contributed by atoms with Gasteiger partial charge in [0.25, 0.3) is 0 Å². The van der Waals surface area contributed by atoms with Crippen LogP contribution < -0.4 is 0 Å². The normalized spacial score (nSPS) is 13.2. The van der Waals surface area contributed by atoms with E-state index in [1.165, 1.54) is 120 Å². The van der Waals surface area contributed by atoms with Crippen LogP contribution in [-0.2, 0) is 5.41 Å². The molecular weight excluding hydrogens is 685 g/mol. The lowest BCUT2D eigenvalue weighted by atomic mass is 9.77. The van der Waals surface area contributed by atoms with Crippen LogP contribution >= 0.6 is 0 Å². The fourth-order valence-corrected chi connectivity index (χ4v) is 10.6. The largest absolute Gasteiger partial charge is 0.0616 e. The van der Waals surface area contributed by atoms with Gasteiger partial charge in [0, 0.05) is 5.41 Å². The topological polar surface area (TPSA) is 0 Å². The molecule has 1 aliphatic rings. The summed E-state index contributed by atoms with van der Waals surface area (Å²) in [6.45, 7) is 4.85. The van der Waals surface area contributed by atoms with Crippen molar-refractivity contribution in [3.63, 3.8) is 0 Å². The molecule has 0 spiro atoms. The number of hydrogen-bond acceptors (Lipinski definition) is 0. The van der Waals surface area contributed by atoms with E-state index in [9.17, 15) is 0 Å². The van der Waals surface area contributed by atoms with Gasteiger partial charge < -0.3 is 0 Å². The van der Waals surface area contributed by atoms with E-state index >= 15 is 0 Å². The summed E-state index contributed by atoms with van der Waals surface area (Å²) < 4.78 is 0. The van der Waals surface area contributed by atoms with E-state index in [1.54, 1.807) is 0 Å². The van der Waals surface area contributed by atoms with Crippen molar-refractivity contribution in [1.29, 1.82) is 0 Å². The molecule has 57 heavy (non-hydrogen) atoms. The molecule has 0 aromatic heterocycles. The van der Waals surface area contributed by atoms with E-state index in [4.69, 9.17) is 0 Å². The minimum Gasteiger partial charge on any atom is -0.0616 e. The zero-order chi connectivity index (χ0) is 37.8. The molecule has 0 amide bonds. The lowest BCUT2D eigenvalue weighted by molar-refractivity contribution is 0.672. The summed E-state index contributed by atoms with van der Waals surface area (Å²) in [7, 11) is 0. The second kappa shape index (κ2) is 12.0. The zero-order valence-corrected chi connectivity index (χ0v) is 32.0. The van der Waals surface area contributed by atoms with Gasteiger partial charge in [-0.25, -0.2) is 0 Å². The van der Waals surface area contributed by atoms with Crippen LogP contribution in [0.15, 0.2) is 194 Å². The summed E-state index contributed by atoms with van der Waals surface area (Å²) in [4.78, 5) is 0. The van der Waals surface area contributed by atoms with Crippen molar-refractivity contribution in [3.8, 4) is 44.5 Å². The Labute approximate surface area is 332 Å². The first kappa shape index (κ1) is 32.2. The van der Waals surface area contributed by atoms with Gasteiger partial charge in [-0.15, -0.1) is 0 Å². The fraction of sp³-hybridized carbons (Fsp3) is 0.0526. The maximum absolute atomic E-state index is 2.45. The van der Waals surface area contributed by atoms with Crippen LogP contribution in [0.3, 0.4) is 0 Å². The van der Waals surface area contributed by atoms with Crippen LogP contribution in [0.2, 0.25) is 0 Å². The Balaban J connectivity index is 1.07. The zero-order valence-electron chi connectivity index (χ0n) is 32.0. The van der Waals surface area contributed by atoms with Crippen LogP contribution in [0.4, 0.5) is 0 Å². The van der Waals surface area contributed by atoms with Gasteiger partial charge in [0.05, 0.1) is 0 Å². The van der Waals surface area contributed by atoms with E-state index in [-0.39, 0.29) is 5.41 Å². The van der Waals surface area contributed by atoms with Crippen molar-refractivity contribution in [2.24, 2.45) is 0 Å². The number of benzene rings is 11. The summed E-state index contributed by atoms with van der Waals surface area (Å²) in [5.41, 5.74) is 13.0. The molecule has 11 aromatic carbocycles. The number of fused-ring (bicyclic) bond motifs is 13. The molecule has 11 aromatic rings. The maximum atomic E-state index is 2.45. The highest BCUT2D eigenvalue weighted by molar-refractivity contribution is 6.24. The third-order valence-corrected chi connectivity index (χ3v) is 12.9. The van der Waals surface area contributed by atoms with Crippen LogP contribution in [0.5, 0.6) is 0 Å². The minimum atomic E-state index is -0.157. The molecule has 0 saturated heterocycles. The van der Waals surface area contributed by atoms with E-state index < -0.39 is 0 Å². The molecule has 0 nitrogen and oxygen atoms in total. The first-order valence-electron chi connectivity index (χ1n) is 20.1. The molecule has 0 bridgehead atoms. The average Bonchev–Trinajstić information content (AvgIpc) is 3.52. The van der Waals surface area contributed by atoms with E-state index in [2.05, 4.69) is 208 Å². The van der Waals surface area contributed by atoms with Crippen molar-refractivity contribution < 1.29 is 0 Å². The second-order valence-corrected chi connectivity index (χ2v) is 16.3. The Morgan fingerprint density at radius 2 is 0.772 bits per heavy atom. The number of hydrogen-bond donors (Lipinski definition) is 0. The Morgan fingerprint density at radius 1 is 0.263 bits per heavy atom.